The van der Waals surface area contributed by atoms with E-state index in [9.17, 15) is 4.79 Å². The van der Waals surface area contributed by atoms with Crippen LogP contribution < -0.4 is 0 Å². The van der Waals surface area contributed by atoms with Crippen molar-refractivity contribution < 1.29 is 18.1 Å². The molecule has 0 aromatic heterocycles. The maximum atomic E-state index is 13.7. The second kappa shape index (κ2) is 11.9. The highest BCUT2D eigenvalue weighted by Crippen LogP contribution is 2.48. The molecule has 1 atom stereocenters. The van der Waals surface area contributed by atoms with Gasteiger partial charge in [-0.15, -0.1) is 0 Å². The van der Waals surface area contributed by atoms with E-state index >= 15 is 0 Å². The van der Waals surface area contributed by atoms with Gasteiger partial charge in [0.2, 0.25) is 0 Å². The smallest absolute Gasteiger partial charge is 0.402 e. The fourth-order valence-electron chi connectivity index (χ4n) is 4.71. The predicted molar refractivity (Wildman–Crippen MR) is 121 cm³/mol. The van der Waals surface area contributed by atoms with Crippen molar-refractivity contribution in [2.45, 2.75) is 110 Å². The molecule has 0 saturated heterocycles. The monoisotopic (exact) mass is 429 g/mol. The highest BCUT2D eigenvalue weighted by molar-refractivity contribution is 6.77. The van der Waals surface area contributed by atoms with Crippen molar-refractivity contribution in [1.82, 2.24) is 0 Å². The number of hydrogen-bond acceptors (Lipinski definition) is 4. The van der Waals surface area contributed by atoms with Crippen molar-refractivity contribution in [2.24, 2.45) is 11.8 Å². The molecule has 0 N–H and O–H groups in total. The molecule has 1 fully saturated rings. The highest BCUT2D eigenvalue weighted by Gasteiger charge is 2.53. The van der Waals surface area contributed by atoms with Gasteiger partial charge in [0.15, 0.2) is 0 Å². The molecule has 0 heterocycles. The van der Waals surface area contributed by atoms with Crippen molar-refractivity contribution in [3.05, 3.63) is 0 Å². The largest absolute Gasteiger partial charge is 0.518 e. The summed E-state index contributed by atoms with van der Waals surface area (Å²) in [6, 6.07) is 2.15. The Kier molecular flexibility index (Phi) is 11.0. The SMILES string of the molecule is CCO[Si](OCC)C(C)(CC)C(=O)O[Si](CC(C)C)(CC(C)C)C1CCCC1. The molecule has 6 heteroatoms. The summed E-state index contributed by atoms with van der Waals surface area (Å²) in [7, 11) is -3.95. The Morgan fingerprint density at radius 1 is 1.00 bits per heavy atom. The van der Waals surface area contributed by atoms with Gasteiger partial charge in [0.1, 0.15) is 5.04 Å². The fraction of sp³-hybridized carbons (Fsp3) is 0.955. The van der Waals surface area contributed by atoms with Crippen molar-refractivity contribution in [3.8, 4) is 0 Å². The zero-order valence-electron chi connectivity index (χ0n) is 19.7. The number of carbonyl (C=O) groups is 1. The molecule has 0 aromatic rings. The van der Waals surface area contributed by atoms with E-state index in [0.717, 1.165) is 12.1 Å². The molecule has 28 heavy (non-hydrogen) atoms. The van der Waals surface area contributed by atoms with E-state index in [1.54, 1.807) is 0 Å². The maximum Gasteiger partial charge on any atom is 0.402 e. The van der Waals surface area contributed by atoms with Gasteiger partial charge in [0.05, 0.1) is 0 Å². The van der Waals surface area contributed by atoms with Crippen LogP contribution in [0.4, 0.5) is 0 Å². The molecule has 1 aliphatic rings. The molecule has 0 aromatic carbocycles. The molecular weight excluding hydrogens is 384 g/mol. The average molecular weight is 430 g/mol. The number of hydrogen-bond donors (Lipinski definition) is 0. The summed E-state index contributed by atoms with van der Waals surface area (Å²) in [4.78, 5) is 13.7. The van der Waals surface area contributed by atoms with Crippen molar-refractivity contribution >= 4 is 23.6 Å². The summed E-state index contributed by atoms with van der Waals surface area (Å²) in [5.74, 6) is 1.05. The van der Waals surface area contributed by atoms with Gasteiger partial charge >= 0.3 is 9.28 Å². The Balaban J connectivity index is 3.23. The standard InChI is InChI=1S/C22H45O4Si2/c1-9-22(8,27(24-10-2)25-11-3)21(23)26-28(16-18(4)5,17-19(6)7)20-14-12-13-15-20/h18-20H,9-17H2,1-8H3. The Hall–Kier alpha value is -0.176. The molecule has 1 saturated carbocycles. The minimum absolute atomic E-state index is 0.0503. The molecule has 0 amide bonds. The van der Waals surface area contributed by atoms with Crippen LogP contribution >= 0.6 is 0 Å². The Morgan fingerprint density at radius 2 is 1.46 bits per heavy atom. The third-order valence-electron chi connectivity index (χ3n) is 6.06. The normalized spacial score (nSPS) is 18.2. The molecule has 1 rings (SSSR count). The summed E-state index contributed by atoms with van der Waals surface area (Å²) >= 11 is 0. The van der Waals surface area contributed by atoms with Crippen LogP contribution in [0.5, 0.6) is 0 Å². The molecule has 1 aliphatic carbocycles. The van der Waals surface area contributed by atoms with Crippen LogP contribution in [-0.2, 0) is 18.1 Å². The van der Waals surface area contributed by atoms with Crippen LogP contribution in [0.15, 0.2) is 0 Å². The second-order valence-corrected chi connectivity index (χ2v) is 15.7. The summed E-state index contributed by atoms with van der Waals surface area (Å²) in [5, 5.41) is -0.665. The lowest BCUT2D eigenvalue weighted by atomic mass is 10.1. The first-order valence-electron chi connectivity index (χ1n) is 11.5. The van der Waals surface area contributed by atoms with Gasteiger partial charge in [-0.1, -0.05) is 47.5 Å². The van der Waals surface area contributed by atoms with Crippen LogP contribution in [0.1, 0.15) is 87.5 Å². The summed E-state index contributed by atoms with van der Waals surface area (Å²) in [6.45, 7) is 18.3. The van der Waals surface area contributed by atoms with Gasteiger partial charge < -0.3 is 13.3 Å². The third kappa shape index (κ3) is 6.68. The van der Waals surface area contributed by atoms with E-state index in [2.05, 4.69) is 34.6 Å². The van der Waals surface area contributed by atoms with Crippen LogP contribution in [-0.4, -0.2) is 36.8 Å². The van der Waals surface area contributed by atoms with Crippen molar-refractivity contribution in [3.63, 3.8) is 0 Å². The minimum atomic E-state index is -2.21. The van der Waals surface area contributed by atoms with Gasteiger partial charge in [0.25, 0.3) is 14.3 Å². The van der Waals surface area contributed by atoms with E-state index in [4.69, 9.17) is 13.3 Å². The summed E-state index contributed by atoms with van der Waals surface area (Å²) in [6.07, 6.45) is 5.72. The lowest BCUT2D eigenvalue weighted by Crippen LogP contribution is -2.51. The van der Waals surface area contributed by atoms with E-state index in [1.165, 1.54) is 25.7 Å². The summed E-state index contributed by atoms with van der Waals surface area (Å²) in [5.41, 5.74) is 0.609. The Labute approximate surface area is 177 Å². The van der Waals surface area contributed by atoms with Crippen molar-refractivity contribution in [1.29, 1.82) is 0 Å². The molecule has 0 aliphatic heterocycles. The molecule has 0 bridgehead atoms. The van der Waals surface area contributed by atoms with Crippen LogP contribution in [0, 0.1) is 11.8 Å². The van der Waals surface area contributed by atoms with E-state index in [1.807, 2.05) is 20.8 Å². The quantitative estimate of drug-likeness (QED) is 0.315. The van der Waals surface area contributed by atoms with Gasteiger partial charge in [-0.3, -0.25) is 4.79 Å². The minimum Gasteiger partial charge on any atom is -0.518 e. The topological polar surface area (TPSA) is 44.8 Å². The number of carbonyl (C=O) groups excluding carboxylic acids is 1. The van der Waals surface area contributed by atoms with E-state index in [-0.39, 0.29) is 5.97 Å². The van der Waals surface area contributed by atoms with Gasteiger partial charge in [0, 0.05) is 13.2 Å². The summed E-state index contributed by atoms with van der Waals surface area (Å²) < 4.78 is 18.7. The van der Waals surface area contributed by atoms with Gasteiger partial charge in [-0.05, 0) is 69.5 Å². The lowest BCUT2D eigenvalue weighted by Gasteiger charge is -2.42. The first-order chi connectivity index (χ1) is 13.1. The van der Waals surface area contributed by atoms with E-state index in [0.29, 0.717) is 37.0 Å². The average Bonchev–Trinajstić information content (AvgIpc) is 3.14. The lowest BCUT2D eigenvalue weighted by molar-refractivity contribution is -0.139. The molecular formula is C22H45O4Si2. The number of rotatable bonds is 13. The highest BCUT2D eigenvalue weighted by atomic mass is 28.4. The fourth-order valence-corrected chi connectivity index (χ4v) is 12.5. The first kappa shape index (κ1) is 25.9. The zero-order valence-corrected chi connectivity index (χ0v) is 21.7. The zero-order chi connectivity index (χ0) is 21.4. The van der Waals surface area contributed by atoms with Crippen LogP contribution in [0.25, 0.3) is 0 Å². The van der Waals surface area contributed by atoms with Crippen molar-refractivity contribution in [2.75, 3.05) is 13.2 Å². The molecule has 1 radical (unpaired) electrons. The van der Waals surface area contributed by atoms with Crippen LogP contribution in [0.2, 0.25) is 22.7 Å². The molecule has 1 unspecified atom stereocenters. The molecule has 0 spiro atoms. The molecule has 4 nitrogen and oxygen atoms in total. The third-order valence-corrected chi connectivity index (χ3v) is 14.3. The second-order valence-electron chi connectivity index (χ2n) is 9.47. The van der Waals surface area contributed by atoms with Crippen LogP contribution in [0.3, 0.4) is 0 Å². The predicted octanol–water partition coefficient (Wildman–Crippen LogP) is 6.46. The Bertz CT molecular complexity index is 447. The van der Waals surface area contributed by atoms with E-state index < -0.39 is 22.6 Å². The van der Waals surface area contributed by atoms with Gasteiger partial charge in [-0.25, -0.2) is 0 Å². The Morgan fingerprint density at radius 3 is 1.82 bits per heavy atom. The first-order valence-corrected chi connectivity index (χ1v) is 15.2. The molecule has 165 valence electrons. The van der Waals surface area contributed by atoms with Gasteiger partial charge in [-0.2, -0.15) is 0 Å². The maximum absolute atomic E-state index is 13.7.